The Kier molecular flexibility index (Phi) is 7.76. The van der Waals surface area contributed by atoms with E-state index < -0.39 is 0 Å². The quantitative estimate of drug-likeness (QED) is 0.711. The van der Waals surface area contributed by atoms with Crippen molar-refractivity contribution in [1.82, 2.24) is 9.80 Å². The molecule has 0 saturated carbocycles. The van der Waals surface area contributed by atoms with Gasteiger partial charge in [0.25, 0.3) is 0 Å². The number of nitrogens with zero attached hydrogens (tertiary/aromatic N) is 2. The molecule has 1 aromatic rings. The number of carbonyl (C=O) groups is 1. The SMILES string of the molecule is COc1cc(CN2CCN(C(=O)CC(C)C)CC2)ccc1OCC(C)C. The molecule has 146 valence electrons. The Morgan fingerprint density at radius 1 is 1.04 bits per heavy atom. The van der Waals surface area contributed by atoms with E-state index in [1.54, 1.807) is 7.11 Å². The molecule has 0 unspecified atom stereocenters. The normalized spacial score (nSPS) is 15.6. The number of methoxy groups -OCH3 is 1. The van der Waals surface area contributed by atoms with Crippen molar-refractivity contribution in [3.05, 3.63) is 23.8 Å². The maximum atomic E-state index is 12.2. The molecule has 1 fully saturated rings. The summed E-state index contributed by atoms with van der Waals surface area (Å²) in [5.41, 5.74) is 1.21. The van der Waals surface area contributed by atoms with Crippen LogP contribution in [0.4, 0.5) is 0 Å². The predicted molar refractivity (Wildman–Crippen MR) is 105 cm³/mol. The first-order valence-corrected chi connectivity index (χ1v) is 9.69. The molecule has 0 aliphatic carbocycles. The molecule has 1 saturated heterocycles. The zero-order chi connectivity index (χ0) is 19.1. The molecule has 1 aromatic carbocycles. The first kappa shape index (κ1) is 20.6. The van der Waals surface area contributed by atoms with E-state index in [1.807, 2.05) is 11.0 Å². The molecule has 0 atom stereocenters. The van der Waals surface area contributed by atoms with E-state index in [9.17, 15) is 4.79 Å². The standard InChI is InChI=1S/C21H34N2O3/c1-16(2)12-21(24)23-10-8-22(9-11-23)14-18-6-7-19(20(13-18)25-5)26-15-17(3)4/h6-7,13,16-17H,8-12,14-15H2,1-5H3. The Balaban J connectivity index is 1.88. The summed E-state index contributed by atoms with van der Waals surface area (Å²) in [6, 6.07) is 6.17. The molecule has 0 aromatic heterocycles. The van der Waals surface area contributed by atoms with E-state index in [-0.39, 0.29) is 5.91 Å². The molecule has 26 heavy (non-hydrogen) atoms. The Morgan fingerprint density at radius 2 is 1.73 bits per heavy atom. The summed E-state index contributed by atoms with van der Waals surface area (Å²) in [7, 11) is 1.68. The largest absolute Gasteiger partial charge is 0.493 e. The zero-order valence-electron chi connectivity index (χ0n) is 17.0. The summed E-state index contributed by atoms with van der Waals surface area (Å²) in [5.74, 6) is 2.77. The molecule has 0 spiro atoms. The minimum atomic E-state index is 0.285. The summed E-state index contributed by atoms with van der Waals surface area (Å²) >= 11 is 0. The van der Waals surface area contributed by atoms with Gasteiger partial charge in [-0.05, 0) is 29.5 Å². The fraction of sp³-hybridized carbons (Fsp3) is 0.667. The summed E-state index contributed by atoms with van der Waals surface area (Å²) in [6.07, 6.45) is 0.648. The van der Waals surface area contributed by atoms with Gasteiger partial charge in [-0.25, -0.2) is 0 Å². The first-order chi connectivity index (χ1) is 12.4. The van der Waals surface area contributed by atoms with Gasteiger partial charge in [-0.1, -0.05) is 33.8 Å². The first-order valence-electron chi connectivity index (χ1n) is 9.69. The molecule has 0 N–H and O–H groups in total. The van der Waals surface area contributed by atoms with Gasteiger partial charge in [0.2, 0.25) is 5.91 Å². The van der Waals surface area contributed by atoms with Crippen LogP contribution in [0.15, 0.2) is 18.2 Å². The van der Waals surface area contributed by atoms with Gasteiger partial charge in [0.15, 0.2) is 11.5 Å². The number of piperazine rings is 1. The molecule has 1 aliphatic heterocycles. The zero-order valence-corrected chi connectivity index (χ0v) is 17.0. The average molecular weight is 363 g/mol. The van der Waals surface area contributed by atoms with Crippen LogP contribution in [0.25, 0.3) is 0 Å². The number of hydrogen-bond acceptors (Lipinski definition) is 4. The lowest BCUT2D eigenvalue weighted by Crippen LogP contribution is -2.48. The van der Waals surface area contributed by atoms with Crippen LogP contribution in [0.2, 0.25) is 0 Å². The van der Waals surface area contributed by atoms with Crippen molar-refractivity contribution in [3.63, 3.8) is 0 Å². The van der Waals surface area contributed by atoms with Gasteiger partial charge in [-0.3, -0.25) is 9.69 Å². The highest BCUT2D eigenvalue weighted by molar-refractivity contribution is 5.76. The van der Waals surface area contributed by atoms with Crippen molar-refractivity contribution in [2.75, 3.05) is 39.9 Å². The smallest absolute Gasteiger partial charge is 0.222 e. The van der Waals surface area contributed by atoms with Crippen LogP contribution in [0.1, 0.15) is 39.7 Å². The Labute approximate surface area is 158 Å². The highest BCUT2D eigenvalue weighted by Crippen LogP contribution is 2.29. The summed E-state index contributed by atoms with van der Waals surface area (Å²) in [5, 5.41) is 0. The van der Waals surface area contributed by atoms with E-state index in [0.717, 1.165) is 44.2 Å². The third kappa shape index (κ3) is 6.20. The van der Waals surface area contributed by atoms with E-state index in [1.165, 1.54) is 5.56 Å². The lowest BCUT2D eigenvalue weighted by atomic mass is 10.1. The number of hydrogen-bond donors (Lipinski definition) is 0. The van der Waals surface area contributed by atoms with Gasteiger partial charge < -0.3 is 14.4 Å². The number of ether oxygens (including phenoxy) is 2. The van der Waals surface area contributed by atoms with Crippen molar-refractivity contribution in [1.29, 1.82) is 0 Å². The highest BCUT2D eigenvalue weighted by atomic mass is 16.5. The Morgan fingerprint density at radius 3 is 2.31 bits per heavy atom. The Bertz CT molecular complexity index is 579. The van der Waals surface area contributed by atoms with Gasteiger partial charge >= 0.3 is 0 Å². The lowest BCUT2D eigenvalue weighted by molar-refractivity contribution is -0.133. The molecular formula is C21H34N2O3. The number of benzene rings is 1. The topological polar surface area (TPSA) is 42.0 Å². The minimum absolute atomic E-state index is 0.285. The summed E-state index contributed by atoms with van der Waals surface area (Å²) in [6.45, 7) is 13.5. The molecule has 0 radical (unpaired) electrons. The van der Waals surface area contributed by atoms with Gasteiger partial charge in [0.05, 0.1) is 13.7 Å². The second-order valence-electron chi connectivity index (χ2n) is 7.94. The van der Waals surface area contributed by atoms with Crippen LogP contribution in [0.3, 0.4) is 0 Å². The fourth-order valence-corrected chi connectivity index (χ4v) is 3.08. The van der Waals surface area contributed by atoms with Crippen molar-refractivity contribution < 1.29 is 14.3 Å². The third-order valence-electron chi connectivity index (χ3n) is 4.51. The number of amides is 1. The summed E-state index contributed by atoms with van der Waals surface area (Å²) in [4.78, 5) is 16.6. The lowest BCUT2D eigenvalue weighted by Gasteiger charge is -2.35. The molecule has 5 nitrogen and oxygen atoms in total. The molecule has 0 bridgehead atoms. The molecule has 1 aliphatic rings. The van der Waals surface area contributed by atoms with Crippen molar-refractivity contribution in [3.8, 4) is 11.5 Å². The predicted octanol–water partition coefficient (Wildman–Crippen LogP) is 3.42. The van der Waals surface area contributed by atoms with Gasteiger partial charge in [-0.2, -0.15) is 0 Å². The Hall–Kier alpha value is -1.75. The minimum Gasteiger partial charge on any atom is -0.493 e. The second-order valence-corrected chi connectivity index (χ2v) is 7.94. The molecule has 1 heterocycles. The van der Waals surface area contributed by atoms with E-state index in [2.05, 4.69) is 44.7 Å². The van der Waals surface area contributed by atoms with E-state index in [4.69, 9.17) is 9.47 Å². The van der Waals surface area contributed by atoms with Crippen LogP contribution < -0.4 is 9.47 Å². The number of carbonyl (C=O) groups excluding carboxylic acids is 1. The van der Waals surface area contributed by atoms with Crippen molar-refractivity contribution >= 4 is 5.91 Å². The molecule has 1 amide bonds. The second kappa shape index (κ2) is 9.81. The number of rotatable bonds is 8. The third-order valence-corrected chi connectivity index (χ3v) is 4.51. The van der Waals surface area contributed by atoms with E-state index in [0.29, 0.717) is 24.9 Å². The molecular weight excluding hydrogens is 328 g/mol. The molecule has 5 heteroatoms. The fourth-order valence-electron chi connectivity index (χ4n) is 3.08. The van der Waals surface area contributed by atoms with Crippen molar-refractivity contribution in [2.24, 2.45) is 11.8 Å². The average Bonchev–Trinajstić information content (AvgIpc) is 2.60. The van der Waals surface area contributed by atoms with Crippen LogP contribution in [0.5, 0.6) is 11.5 Å². The molecule has 2 rings (SSSR count). The maximum absolute atomic E-state index is 12.2. The summed E-state index contributed by atoms with van der Waals surface area (Å²) < 4.78 is 11.3. The van der Waals surface area contributed by atoms with Crippen LogP contribution in [-0.2, 0) is 11.3 Å². The van der Waals surface area contributed by atoms with Crippen LogP contribution >= 0.6 is 0 Å². The van der Waals surface area contributed by atoms with Gasteiger partial charge in [-0.15, -0.1) is 0 Å². The maximum Gasteiger partial charge on any atom is 0.222 e. The van der Waals surface area contributed by atoms with Gasteiger partial charge in [0, 0.05) is 39.1 Å². The van der Waals surface area contributed by atoms with Gasteiger partial charge in [0.1, 0.15) is 0 Å². The van der Waals surface area contributed by atoms with Crippen molar-refractivity contribution in [2.45, 2.75) is 40.7 Å². The van der Waals surface area contributed by atoms with Crippen LogP contribution in [0, 0.1) is 11.8 Å². The monoisotopic (exact) mass is 362 g/mol. The highest BCUT2D eigenvalue weighted by Gasteiger charge is 2.21. The van der Waals surface area contributed by atoms with E-state index >= 15 is 0 Å². The van der Waals surface area contributed by atoms with Crippen LogP contribution in [-0.4, -0.2) is 55.6 Å².